The largest absolute Gasteiger partial charge is 0.391 e. The number of amides is 1. The lowest BCUT2D eigenvalue weighted by Gasteiger charge is -2.28. The summed E-state index contributed by atoms with van der Waals surface area (Å²) in [6, 6.07) is 0. The minimum absolute atomic E-state index is 0.211. The second kappa shape index (κ2) is 3.64. The second-order valence-electron chi connectivity index (χ2n) is 4.01. The van der Waals surface area contributed by atoms with Crippen molar-refractivity contribution in [2.24, 2.45) is 5.92 Å². The van der Waals surface area contributed by atoms with Crippen LogP contribution < -0.4 is 5.32 Å². The number of aliphatic hydroxyl groups is 1. The highest BCUT2D eigenvalue weighted by Crippen LogP contribution is 2.15. The zero-order valence-corrected chi connectivity index (χ0v) is 7.70. The molecule has 2 fully saturated rings. The zero-order valence-electron chi connectivity index (χ0n) is 7.70. The molecule has 0 radical (unpaired) electrons. The van der Waals surface area contributed by atoms with E-state index in [-0.39, 0.29) is 12.0 Å². The van der Waals surface area contributed by atoms with Crippen LogP contribution in [-0.4, -0.2) is 48.2 Å². The van der Waals surface area contributed by atoms with Crippen molar-refractivity contribution in [1.29, 1.82) is 0 Å². The maximum atomic E-state index is 11.6. The van der Waals surface area contributed by atoms with E-state index in [1.165, 1.54) is 0 Å². The maximum Gasteiger partial charge on any atom is 0.223 e. The Kier molecular flexibility index (Phi) is 2.51. The predicted molar refractivity (Wildman–Crippen MR) is 48.2 cm³/mol. The number of rotatable bonds is 2. The van der Waals surface area contributed by atoms with Gasteiger partial charge in [-0.3, -0.25) is 4.79 Å². The van der Waals surface area contributed by atoms with E-state index in [9.17, 15) is 9.90 Å². The van der Waals surface area contributed by atoms with Gasteiger partial charge in [-0.1, -0.05) is 0 Å². The lowest BCUT2D eigenvalue weighted by Crippen LogP contribution is -2.45. The van der Waals surface area contributed by atoms with Gasteiger partial charge in [-0.15, -0.1) is 0 Å². The summed E-state index contributed by atoms with van der Waals surface area (Å²) in [5.41, 5.74) is 0. The van der Waals surface area contributed by atoms with Crippen molar-refractivity contribution in [3.8, 4) is 0 Å². The molecule has 0 aromatic carbocycles. The molecule has 2 heterocycles. The molecule has 74 valence electrons. The molecule has 2 aliphatic heterocycles. The van der Waals surface area contributed by atoms with Crippen LogP contribution in [0.5, 0.6) is 0 Å². The van der Waals surface area contributed by atoms with Crippen LogP contribution in [0.15, 0.2) is 0 Å². The van der Waals surface area contributed by atoms with Crippen LogP contribution in [-0.2, 0) is 4.79 Å². The number of hydrogen-bond acceptors (Lipinski definition) is 3. The highest BCUT2D eigenvalue weighted by atomic mass is 16.3. The van der Waals surface area contributed by atoms with Crippen LogP contribution in [0, 0.1) is 5.92 Å². The van der Waals surface area contributed by atoms with Gasteiger partial charge in [0.15, 0.2) is 0 Å². The first kappa shape index (κ1) is 8.97. The minimum atomic E-state index is -0.288. The van der Waals surface area contributed by atoms with Crippen molar-refractivity contribution < 1.29 is 9.90 Å². The molecule has 2 aliphatic rings. The van der Waals surface area contributed by atoms with Gasteiger partial charge in [-0.25, -0.2) is 0 Å². The van der Waals surface area contributed by atoms with E-state index in [0.29, 0.717) is 18.9 Å². The normalized spacial score (nSPS) is 29.0. The van der Waals surface area contributed by atoms with E-state index in [4.69, 9.17) is 0 Å². The molecule has 1 amide bonds. The highest BCUT2D eigenvalue weighted by molar-refractivity contribution is 5.76. The molecule has 2 N–H and O–H groups in total. The molecule has 4 heteroatoms. The average molecular weight is 184 g/mol. The quantitative estimate of drug-likeness (QED) is 0.590. The molecule has 0 spiro atoms. The highest BCUT2D eigenvalue weighted by Gasteiger charge is 2.27. The Bertz CT molecular complexity index is 204. The molecule has 0 unspecified atom stereocenters. The van der Waals surface area contributed by atoms with Gasteiger partial charge in [0.1, 0.15) is 0 Å². The fourth-order valence-corrected chi connectivity index (χ4v) is 1.84. The summed E-state index contributed by atoms with van der Waals surface area (Å²) in [5.74, 6) is 0.744. The number of likely N-dealkylation sites (tertiary alicyclic amines) is 1. The third-order valence-electron chi connectivity index (χ3n) is 2.85. The Balaban J connectivity index is 1.76. The zero-order chi connectivity index (χ0) is 9.26. The smallest absolute Gasteiger partial charge is 0.223 e. The summed E-state index contributed by atoms with van der Waals surface area (Å²) in [6.07, 6.45) is 1.11. The molecule has 0 bridgehead atoms. The molecule has 2 saturated heterocycles. The lowest BCUT2D eigenvalue weighted by molar-refractivity contribution is -0.131. The van der Waals surface area contributed by atoms with Crippen molar-refractivity contribution in [2.45, 2.75) is 18.9 Å². The standard InChI is InChI=1S/C9H16N2O2/c12-8-1-2-11(6-8)9(13)3-7-4-10-5-7/h7-8,10,12H,1-6H2/t8-/m0/s1. The Morgan fingerprint density at radius 3 is 2.77 bits per heavy atom. The van der Waals surface area contributed by atoms with Crippen molar-refractivity contribution in [1.82, 2.24) is 10.2 Å². The van der Waals surface area contributed by atoms with Gasteiger partial charge in [-0.05, 0) is 25.4 Å². The SMILES string of the molecule is O=C(CC1CNC1)N1CC[C@H](O)C1. The van der Waals surface area contributed by atoms with Crippen LogP contribution in [0.4, 0.5) is 0 Å². The van der Waals surface area contributed by atoms with Crippen LogP contribution >= 0.6 is 0 Å². The number of carbonyl (C=O) groups is 1. The topological polar surface area (TPSA) is 52.6 Å². The van der Waals surface area contributed by atoms with Crippen LogP contribution in [0.25, 0.3) is 0 Å². The first-order valence-corrected chi connectivity index (χ1v) is 4.92. The molecule has 0 saturated carbocycles. The van der Waals surface area contributed by atoms with Gasteiger partial charge in [0.05, 0.1) is 6.10 Å². The van der Waals surface area contributed by atoms with Gasteiger partial charge < -0.3 is 15.3 Å². The Morgan fingerprint density at radius 2 is 2.31 bits per heavy atom. The summed E-state index contributed by atoms with van der Waals surface area (Å²) >= 11 is 0. The summed E-state index contributed by atoms with van der Waals surface area (Å²) in [5, 5.41) is 12.4. The van der Waals surface area contributed by atoms with Gasteiger partial charge >= 0.3 is 0 Å². The molecule has 1 atom stereocenters. The van der Waals surface area contributed by atoms with Gasteiger partial charge in [0.2, 0.25) is 5.91 Å². The van der Waals surface area contributed by atoms with E-state index in [1.54, 1.807) is 4.90 Å². The van der Waals surface area contributed by atoms with Crippen LogP contribution in [0.3, 0.4) is 0 Å². The van der Waals surface area contributed by atoms with E-state index < -0.39 is 0 Å². The third-order valence-corrected chi connectivity index (χ3v) is 2.85. The minimum Gasteiger partial charge on any atom is -0.391 e. The first-order valence-electron chi connectivity index (χ1n) is 4.92. The van der Waals surface area contributed by atoms with Gasteiger partial charge in [0, 0.05) is 19.5 Å². The molecule has 0 aromatic heterocycles. The number of hydrogen-bond donors (Lipinski definition) is 2. The average Bonchev–Trinajstić information content (AvgIpc) is 2.44. The first-order chi connectivity index (χ1) is 6.25. The Morgan fingerprint density at radius 1 is 1.54 bits per heavy atom. The molecule has 2 rings (SSSR count). The van der Waals surface area contributed by atoms with Crippen molar-refractivity contribution in [2.75, 3.05) is 26.2 Å². The molecular formula is C9H16N2O2. The summed E-state index contributed by atoms with van der Waals surface area (Å²) < 4.78 is 0. The summed E-state index contributed by atoms with van der Waals surface area (Å²) in [7, 11) is 0. The molecule has 0 aromatic rings. The predicted octanol–water partition coefficient (Wildman–Crippen LogP) is -0.811. The molecule has 4 nitrogen and oxygen atoms in total. The monoisotopic (exact) mass is 184 g/mol. The number of nitrogens with zero attached hydrogens (tertiary/aromatic N) is 1. The van der Waals surface area contributed by atoms with Crippen LogP contribution in [0.1, 0.15) is 12.8 Å². The van der Waals surface area contributed by atoms with Crippen molar-refractivity contribution >= 4 is 5.91 Å². The molecular weight excluding hydrogens is 168 g/mol. The second-order valence-corrected chi connectivity index (χ2v) is 4.01. The van der Waals surface area contributed by atoms with Crippen molar-refractivity contribution in [3.05, 3.63) is 0 Å². The molecule has 0 aliphatic carbocycles. The fraction of sp³-hybridized carbons (Fsp3) is 0.889. The fourth-order valence-electron chi connectivity index (χ4n) is 1.84. The summed E-state index contributed by atoms with van der Waals surface area (Å²) in [6.45, 7) is 3.23. The lowest BCUT2D eigenvalue weighted by atomic mass is 9.99. The third kappa shape index (κ3) is 2.00. The summed E-state index contributed by atoms with van der Waals surface area (Å²) in [4.78, 5) is 13.4. The number of carbonyl (C=O) groups excluding carboxylic acids is 1. The number of nitrogens with one attached hydrogen (secondary N) is 1. The van der Waals surface area contributed by atoms with E-state index in [2.05, 4.69) is 5.32 Å². The van der Waals surface area contributed by atoms with Crippen LogP contribution in [0.2, 0.25) is 0 Å². The number of aliphatic hydroxyl groups excluding tert-OH is 1. The van der Waals surface area contributed by atoms with E-state index in [0.717, 1.165) is 26.1 Å². The molecule has 13 heavy (non-hydrogen) atoms. The number of β-amino-alcohol motifs (C(OH)–C–C–N with tert-alkyl or cyclic N) is 1. The van der Waals surface area contributed by atoms with Gasteiger partial charge in [0.25, 0.3) is 0 Å². The van der Waals surface area contributed by atoms with Gasteiger partial charge in [-0.2, -0.15) is 0 Å². The maximum absolute atomic E-state index is 11.6. The Labute approximate surface area is 77.9 Å². The Hall–Kier alpha value is -0.610. The van der Waals surface area contributed by atoms with E-state index in [1.807, 2.05) is 0 Å². The van der Waals surface area contributed by atoms with E-state index >= 15 is 0 Å². The van der Waals surface area contributed by atoms with Crippen molar-refractivity contribution in [3.63, 3.8) is 0 Å².